The Balaban J connectivity index is 1.66. The van der Waals surface area contributed by atoms with Crippen molar-refractivity contribution >= 4 is 11.8 Å². The van der Waals surface area contributed by atoms with Crippen LogP contribution in [-0.4, -0.2) is 35.2 Å². The summed E-state index contributed by atoms with van der Waals surface area (Å²) in [4.78, 5) is 25.9. The third kappa shape index (κ3) is 4.56. The summed E-state index contributed by atoms with van der Waals surface area (Å²) in [6.45, 7) is 6.02. The maximum atomic E-state index is 13.2. The van der Waals surface area contributed by atoms with Crippen molar-refractivity contribution in [3.05, 3.63) is 35.1 Å². The number of ketones is 1. The molecule has 1 aliphatic carbocycles. The fraction of sp³-hybridized carbons (Fsp3) is 0.680. The molecule has 0 bridgehead atoms. The monoisotopic (exact) mass is 416 g/mol. The van der Waals surface area contributed by atoms with Gasteiger partial charge in [-0.2, -0.15) is 0 Å². The lowest BCUT2D eigenvalue weighted by atomic mass is 9.67. The summed E-state index contributed by atoms with van der Waals surface area (Å²) in [6.07, 6.45) is 14.1. The summed E-state index contributed by atoms with van der Waals surface area (Å²) in [7, 11) is 0. The summed E-state index contributed by atoms with van der Waals surface area (Å²) >= 11 is 0. The quantitative estimate of drug-likeness (QED) is 0.409. The molecule has 0 radical (unpaired) electrons. The molecule has 3 rings (SSSR count). The molecule has 1 N–H and O–H groups in total. The molecule has 30 heavy (non-hydrogen) atoms. The summed E-state index contributed by atoms with van der Waals surface area (Å²) in [5, 5.41) is 10.9. The number of hydrogen-bond donors (Lipinski definition) is 1. The number of aliphatic hydroxyl groups excluding tert-OH is 1. The third-order valence-electron chi connectivity index (χ3n) is 6.83. The van der Waals surface area contributed by atoms with E-state index >= 15 is 0 Å². The van der Waals surface area contributed by atoms with Crippen molar-refractivity contribution < 1.29 is 24.2 Å². The van der Waals surface area contributed by atoms with Gasteiger partial charge in [-0.1, -0.05) is 57.9 Å². The van der Waals surface area contributed by atoms with Crippen molar-refractivity contribution in [2.75, 3.05) is 6.61 Å². The van der Waals surface area contributed by atoms with Gasteiger partial charge in [-0.15, -0.1) is 0 Å². The molecule has 0 unspecified atom stereocenters. The lowest BCUT2D eigenvalue weighted by Gasteiger charge is -2.37. The topological polar surface area (TPSA) is 72.8 Å². The molecule has 2 aliphatic heterocycles. The van der Waals surface area contributed by atoms with E-state index in [2.05, 4.69) is 6.92 Å². The zero-order valence-electron chi connectivity index (χ0n) is 18.6. The normalized spacial score (nSPS) is 29.4. The molecular weight excluding hydrogens is 380 g/mol. The van der Waals surface area contributed by atoms with Gasteiger partial charge in [0.25, 0.3) is 0 Å². The van der Waals surface area contributed by atoms with Gasteiger partial charge in [-0.25, -0.2) is 0 Å². The molecule has 0 saturated carbocycles. The summed E-state index contributed by atoms with van der Waals surface area (Å²) in [5.41, 5.74) is 0.307. The van der Waals surface area contributed by atoms with Crippen LogP contribution in [0.5, 0.6) is 0 Å². The number of allylic oxidation sites excluding steroid dienone is 4. The van der Waals surface area contributed by atoms with E-state index in [4.69, 9.17) is 9.47 Å². The average Bonchev–Trinajstić information content (AvgIpc) is 2.98. The minimum absolute atomic E-state index is 0.177. The number of fused-ring (bicyclic) bond motifs is 1. The summed E-state index contributed by atoms with van der Waals surface area (Å²) in [5.74, 6) is -0.877. The van der Waals surface area contributed by atoms with Crippen molar-refractivity contribution in [1.82, 2.24) is 0 Å². The first-order chi connectivity index (χ1) is 14.4. The van der Waals surface area contributed by atoms with Gasteiger partial charge in [-0.05, 0) is 44.4 Å². The van der Waals surface area contributed by atoms with Gasteiger partial charge in [0.2, 0.25) is 5.78 Å². The lowest BCUT2D eigenvalue weighted by molar-refractivity contribution is -0.158. The number of esters is 1. The van der Waals surface area contributed by atoms with E-state index in [1.54, 1.807) is 6.92 Å². The van der Waals surface area contributed by atoms with Crippen LogP contribution in [0.2, 0.25) is 0 Å². The number of rotatable bonds is 10. The van der Waals surface area contributed by atoms with Gasteiger partial charge in [0.05, 0.1) is 12.0 Å². The van der Waals surface area contributed by atoms with Crippen LogP contribution in [0.4, 0.5) is 0 Å². The van der Waals surface area contributed by atoms with Crippen molar-refractivity contribution in [3.8, 4) is 0 Å². The third-order valence-corrected chi connectivity index (χ3v) is 6.83. The maximum Gasteiger partial charge on any atom is 0.313 e. The predicted octanol–water partition coefficient (Wildman–Crippen LogP) is 4.80. The van der Waals surface area contributed by atoms with Crippen LogP contribution in [0.15, 0.2) is 35.1 Å². The number of Topliss-reactive ketones (excluding diaryl/α,β-unsaturated/α-hetero) is 1. The molecule has 5 heteroatoms. The molecule has 166 valence electrons. The zero-order valence-corrected chi connectivity index (χ0v) is 18.6. The van der Waals surface area contributed by atoms with E-state index in [0.717, 1.165) is 30.6 Å². The fourth-order valence-corrected chi connectivity index (χ4v) is 5.05. The molecule has 0 aromatic heterocycles. The lowest BCUT2D eigenvalue weighted by Crippen LogP contribution is -2.48. The molecule has 3 aliphatic rings. The predicted molar refractivity (Wildman–Crippen MR) is 116 cm³/mol. The standard InChI is InChI=1S/C25H36O5/c1-4-6-7-8-9-10-11-13-21(26)22-20-15-17-14-18(12-5-2)29-16-19(17)23(27)25(20,3)30-24(22)28/h5,12,14,20-22,26H,4,6-11,13,15-16H2,1-3H3/b12-5+/t20-,21-,22+,25-/m1/s1. The molecular formula is C25H36O5. The van der Waals surface area contributed by atoms with Gasteiger partial charge in [0.15, 0.2) is 5.60 Å². The first-order valence-electron chi connectivity index (χ1n) is 11.6. The van der Waals surface area contributed by atoms with Gasteiger partial charge >= 0.3 is 5.97 Å². The molecule has 4 atom stereocenters. The van der Waals surface area contributed by atoms with Crippen molar-refractivity contribution in [2.24, 2.45) is 11.8 Å². The second-order valence-electron chi connectivity index (χ2n) is 9.01. The van der Waals surface area contributed by atoms with Crippen LogP contribution in [-0.2, 0) is 19.1 Å². The Morgan fingerprint density at radius 1 is 1.20 bits per heavy atom. The Labute approximate surface area is 180 Å². The second-order valence-corrected chi connectivity index (χ2v) is 9.01. The highest BCUT2D eigenvalue weighted by atomic mass is 16.6. The van der Waals surface area contributed by atoms with Crippen molar-refractivity contribution in [2.45, 2.75) is 90.3 Å². The molecule has 2 heterocycles. The van der Waals surface area contributed by atoms with E-state index in [9.17, 15) is 14.7 Å². The SMILES string of the molecule is C/C=C/C1=CC2=C(CO1)C(=O)[C@]1(C)OC(=O)[C@H]([C@H](O)CCCCCCCCC)[C@H]1C2. The first kappa shape index (κ1) is 22.8. The maximum absolute atomic E-state index is 13.2. The van der Waals surface area contributed by atoms with Gasteiger partial charge < -0.3 is 14.6 Å². The largest absolute Gasteiger partial charge is 0.489 e. The van der Waals surface area contributed by atoms with E-state index in [-0.39, 0.29) is 18.3 Å². The highest BCUT2D eigenvalue weighted by Gasteiger charge is 2.61. The van der Waals surface area contributed by atoms with Crippen LogP contribution in [0.3, 0.4) is 0 Å². The Hall–Kier alpha value is -1.88. The Morgan fingerprint density at radius 3 is 2.60 bits per heavy atom. The van der Waals surface area contributed by atoms with E-state index in [1.807, 2.05) is 25.2 Å². The number of ether oxygens (including phenoxy) is 2. The number of carbonyl (C=O) groups is 2. The van der Waals surface area contributed by atoms with Gasteiger partial charge in [0.1, 0.15) is 12.4 Å². The Morgan fingerprint density at radius 2 is 1.90 bits per heavy atom. The number of hydrogen-bond acceptors (Lipinski definition) is 5. The fourth-order valence-electron chi connectivity index (χ4n) is 5.05. The Bertz CT molecular complexity index is 747. The highest BCUT2D eigenvalue weighted by molar-refractivity contribution is 6.07. The summed E-state index contributed by atoms with van der Waals surface area (Å²) < 4.78 is 11.3. The van der Waals surface area contributed by atoms with Crippen LogP contribution >= 0.6 is 0 Å². The summed E-state index contributed by atoms with van der Waals surface area (Å²) in [6, 6.07) is 0. The molecule has 5 nitrogen and oxygen atoms in total. The second kappa shape index (κ2) is 9.95. The first-order valence-corrected chi connectivity index (χ1v) is 11.6. The van der Waals surface area contributed by atoms with Crippen LogP contribution in [0, 0.1) is 11.8 Å². The zero-order chi connectivity index (χ0) is 21.7. The highest BCUT2D eigenvalue weighted by Crippen LogP contribution is 2.49. The minimum atomic E-state index is -1.20. The van der Waals surface area contributed by atoms with Gasteiger partial charge in [-0.3, -0.25) is 9.59 Å². The van der Waals surface area contributed by atoms with E-state index in [1.165, 1.54) is 25.7 Å². The van der Waals surface area contributed by atoms with Crippen molar-refractivity contribution in [1.29, 1.82) is 0 Å². The van der Waals surface area contributed by atoms with Crippen molar-refractivity contribution in [3.63, 3.8) is 0 Å². The smallest absolute Gasteiger partial charge is 0.313 e. The molecule has 0 amide bonds. The number of carbonyl (C=O) groups excluding carboxylic acids is 2. The molecule has 1 fully saturated rings. The van der Waals surface area contributed by atoms with Crippen LogP contribution in [0.1, 0.15) is 78.6 Å². The van der Waals surface area contributed by atoms with E-state index in [0.29, 0.717) is 18.4 Å². The average molecular weight is 417 g/mol. The number of aliphatic hydroxyl groups is 1. The molecule has 0 spiro atoms. The minimum Gasteiger partial charge on any atom is -0.489 e. The molecule has 1 saturated heterocycles. The van der Waals surface area contributed by atoms with Crippen LogP contribution in [0.25, 0.3) is 0 Å². The van der Waals surface area contributed by atoms with Crippen LogP contribution < -0.4 is 0 Å². The van der Waals surface area contributed by atoms with E-state index < -0.39 is 23.6 Å². The molecule has 0 aromatic rings. The molecule has 0 aromatic carbocycles. The number of unbranched alkanes of at least 4 members (excludes halogenated alkanes) is 6. The van der Waals surface area contributed by atoms with Gasteiger partial charge in [0, 0.05) is 11.5 Å². The Kier molecular flexibility index (Phi) is 7.56.